The maximum atomic E-state index is 12.1. The monoisotopic (exact) mass is 366 g/mol. The van der Waals surface area contributed by atoms with Gasteiger partial charge in [0.1, 0.15) is 5.76 Å². The second kappa shape index (κ2) is 7.36. The van der Waals surface area contributed by atoms with Gasteiger partial charge in [0, 0.05) is 37.9 Å². The van der Waals surface area contributed by atoms with Crippen LogP contribution in [0.2, 0.25) is 4.34 Å². The van der Waals surface area contributed by atoms with E-state index in [-0.39, 0.29) is 11.7 Å². The Labute approximate surface area is 149 Å². The Kier molecular flexibility index (Phi) is 5.20. The Balaban J connectivity index is 1.52. The highest BCUT2D eigenvalue weighted by atomic mass is 35.5. The topological polar surface area (TPSA) is 96.2 Å². The first-order valence-electron chi connectivity index (χ1n) is 7.86. The van der Waals surface area contributed by atoms with E-state index in [2.05, 4.69) is 5.16 Å². The summed E-state index contributed by atoms with van der Waals surface area (Å²) in [6, 6.07) is 5.44. The van der Waals surface area contributed by atoms with Gasteiger partial charge in [-0.15, -0.1) is 11.3 Å². The molecule has 3 rings (SSSR count). The van der Waals surface area contributed by atoms with Crippen molar-refractivity contribution in [2.75, 3.05) is 13.1 Å². The summed E-state index contributed by atoms with van der Waals surface area (Å²) >= 11 is 7.15. The van der Waals surface area contributed by atoms with Crippen molar-refractivity contribution in [3.8, 4) is 0 Å². The summed E-state index contributed by atoms with van der Waals surface area (Å²) in [5, 5.41) is 11.6. The summed E-state index contributed by atoms with van der Waals surface area (Å²) in [5.74, 6) is 1.25. The quantitative estimate of drug-likeness (QED) is 0.481. The van der Waals surface area contributed by atoms with Crippen molar-refractivity contribution < 1.29 is 9.32 Å². The third-order valence-corrected chi connectivity index (χ3v) is 5.55. The number of ketones is 1. The van der Waals surface area contributed by atoms with Crippen LogP contribution in [-0.4, -0.2) is 34.9 Å². The van der Waals surface area contributed by atoms with Gasteiger partial charge in [0.2, 0.25) is 0 Å². The van der Waals surface area contributed by atoms with Crippen molar-refractivity contribution in [1.29, 1.82) is 5.41 Å². The van der Waals surface area contributed by atoms with Gasteiger partial charge in [-0.2, -0.15) is 0 Å². The molecule has 0 aromatic carbocycles. The van der Waals surface area contributed by atoms with Crippen LogP contribution in [0, 0.1) is 5.41 Å². The Morgan fingerprint density at radius 2 is 2.21 bits per heavy atom. The second-order valence-electron chi connectivity index (χ2n) is 5.89. The SMILES string of the molecule is N=C(N)N1CCC(c2cc(CCC(=O)c3ccc(Cl)s3)on2)CC1. The number of thiophene rings is 1. The zero-order chi connectivity index (χ0) is 17.1. The predicted molar refractivity (Wildman–Crippen MR) is 93.9 cm³/mol. The van der Waals surface area contributed by atoms with Crippen molar-refractivity contribution in [3.05, 3.63) is 38.9 Å². The molecule has 1 fully saturated rings. The van der Waals surface area contributed by atoms with Gasteiger partial charge in [-0.3, -0.25) is 10.2 Å². The van der Waals surface area contributed by atoms with Crippen molar-refractivity contribution in [3.63, 3.8) is 0 Å². The average molecular weight is 367 g/mol. The molecule has 3 heterocycles. The van der Waals surface area contributed by atoms with Crippen LogP contribution < -0.4 is 5.73 Å². The molecule has 0 atom stereocenters. The fourth-order valence-corrected chi connectivity index (χ4v) is 3.89. The normalized spacial score (nSPS) is 15.6. The number of guanidine groups is 1. The molecule has 2 aromatic heterocycles. The van der Waals surface area contributed by atoms with Gasteiger partial charge in [-0.1, -0.05) is 16.8 Å². The molecule has 1 aliphatic rings. The molecule has 3 N–H and O–H groups in total. The zero-order valence-corrected chi connectivity index (χ0v) is 14.7. The van der Waals surface area contributed by atoms with Gasteiger partial charge in [-0.05, 0) is 25.0 Å². The number of carbonyl (C=O) groups is 1. The number of carbonyl (C=O) groups excluding carboxylic acids is 1. The molecule has 2 aromatic rings. The molecule has 0 radical (unpaired) electrons. The minimum absolute atomic E-state index is 0.0691. The Morgan fingerprint density at radius 3 is 2.83 bits per heavy atom. The van der Waals surface area contributed by atoms with Gasteiger partial charge in [0.05, 0.1) is 14.9 Å². The molecular weight excluding hydrogens is 348 g/mol. The first kappa shape index (κ1) is 17.0. The molecule has 0 bridgehead atoms. The van der Waals surface area contributed by atoms with Crippen LogP contribution in [0.1, 0.15) is 46.3 Å². The van der Waals surface area contributed by atoms with E-state index in [1.807, 2.05) is 11.0 Å². The first-order valence-corrected chi connectivity index (χ1v) is 9.05. The molecule has 6 nitrogen and oxygen atoms in total. The van der Waals surface area contributed by atoms with E-state index in [9.17, 15) is 4.79 Å². The lowest BCUT2D eigenvalue weighted by Gasteiger charge is -2.31. The lowest BCUT2D eigenvalue weighted by atomic mass is 9.93. The van der Waals surface area contributed by atoms with Gasteiger partial charge >= 0.3 is 0 Å². The van der Waals surface area contributed by atoms with Gasteiger partial charge < -0.3 is 15.2 Å². The zero-order valence-electron chi connectivity index (χ0n) is 13.1. The molecule has 0 amide bonds. The number of piperidine rings is 1. The number of hydrogen-bond acceptors (Lipinski definition) is 5. The summed E-state index contributed by atoms with van der Waals surface area (Å²) < 4.78 is 6.00. The Bertz CT molecular complexity index is 734. The van der Waals surface area contributed by atoms with Crippen molar-refractivity contribution in [1.82, 2.24) is 10.1 Å². The number of Topliss-reactive ketones (excluding diaryl/α,β-unsaturated/α-hetero) is 1. The van der Waals surface area contributed by atoms with E-state index >= 15 is 0 Å². The number of halogens is 1. The van der Waals surface area contributed by atoms with Crippen molar-refractivity contribution in [2.45, 2.75) is 31.6 Å². The minimum Gasteiger partial charge on any atom is -0.370 e. The third-order valence-electron chi connectivity index (χ3n) is 4.28. The van der Waals surface area contributed by atoms with Gasteiger partial charge in [0.25, 0.3) is 0 Å². The molecule has 0 unspecified atom stereocenters. The second-order valence-corrected chi connectivity index (χ2v) is 7.61. The minimum atomic E-state index is 0.0691. The average Bonchev–Trinajstić information content (AvgIpc) is 3.22. The van der Waals surface area contributed by atoms with Crippen LogP contribution in [0.25, 0.3) is 0 Å². The highest BCUT2D eigenvalue weighted by Crippen LogP contribution is 2.28. The van der Waals surface area contributed by atoms with E-state index in [0.29, 0.717) is 28.0 Å². The molecule has 0 spiro atoms. The number of aromatic nitrogens is 1. The van der Waals surface area contributed by atoms with Crippen LogP contribution in [0.15, 0.2) is 22.7 Å². The molecule has 1 aliphatic heterocycles. The summed E-state index contributed by atoms with van der Waals surface area (Å²) in [5.41, 5.74) is 6.44. The highest BCUT2D eigenvalue weighted by Gasteiger charge is 2.24. The maximum absolute atomic E-state index is 12.1. The molecule has 8 heteroatoms. The molecule has 1 saturated heterocycles. The van der Waals surface area contributed by atoms with Crippen LogP contribution in [0.5, 0.6) is 0 Å². The van der Waals surface area contributed by atoms with E-state index in [0.717, 1.165) is 37.4 Å². The number of nitrogens with two attached hydrogens (primary N) is 1. The number of aryl methyl sites for hydroxylation is 1. The fourth-order valence-electron chi connectivity index (χ4n) is 2.88. The van der Waals surface area contributed by atoms with Crippen LogP contribution in [-0.2, 0) is 6.42 Å². The van der Waals surface area contributed by atoms with Crippen LogP contribution in [0.3, 0.4) is 0 Å². The summed E-state index contributed by atoms with van der Waals surface area (Å²) in [6.45, 7) is 1.53. The van der Waals surface area contributed by atoms with E-state index in [1.165, 1.54) is 11.3 Å². The van der Waals surface area contributed by atoms with E-state index in [1.54, 1.807) is 12.1 Å². The summed E-state index contributed by atoms with van der Waals surface area (Å²) in [4.78, 5) is 14.6. The lowest BCUT2D eigenvalue weighted by molar-refractivity contribution is 0.0984. The number of likely N-dealkylation sites (tertiary alicyclic amines) is 1. The predicted octanol–water partition coefficient (Wildman–Crippen LogP) is 3.28. The maximum Gasteiger partial charge on any atom is 0.188 e. The van der Waals surface area contributed by atoms with Crippen molar-refractivity contribution in [2.24, 2.45) is 5.73 Å². The highest BCUT2D eigenvalue weighted by molar-refractivity contribution is 7.18. The summed E-state index contributed by atoms with van der Waals surface area (Å²) in [7, 11) is 0. The number of rotatable bonds is 5. The number of hydrogen-bond donors (Lipinski definition) is 2. The standard InChI is InChI=1S/C16H19ClN4O2S/c17-15-4-3-14(24-15)13(22)2-1-11-9-12(20-23-11)10-5-7-21(8-6-10)16(18)19/h3-4,9-10H,1-2,5-8H2,(H3,18,19). The van der Waals surface area contributed by atoms with Crippen LogP contribution >= 0.6 is 22.9 Å². The molecular formula is C16H19ClN4O2S. The number of nitrogens with zero attached hydrogens (tertiary/aromatic N) is 2. The van der Waals surface area contributed by atoms with Crippen molar-refractivity contribution >= 4 is 34.7 Å². The Hall–Kier alpha value is -1.86. The molecule has 0 saturated carbocycles. The smallest absolute Gasteiger partial charge is 0.188 e. The largest absolute Gasteiger partial charge is 0.370 e. The lowest BCUT2D eigenvalue weighted by Crippen LogP contribution is -2.41. The van der Waals surface area contributed by atoms with Gasteiger partial charge in [0.15, 0.2) is 11.7 Å². The van der Waals surface area contributed by atoms with E-state index in [4.69, 9.17) is 27.3 Å². The van der Waals surface area contributed by atoms with Crippen LogP contribution in [0.4, 0.5) is 0 Å². The molecule has 0 aliphatic carbocycles. The number of nitrogens with one attached hydrogen (secondary N) is 1. The Morgan fingerprint density at radius 1 is 1.46 bits per heavy atom. The first-order chi connectivity index (χ1) is 11.5. The van der Waals surface area contributed by atoms with E-state index < -0.39 is 0 Å². The van der Waals surface area contributed by atoms with Gasteiger partial charge in [-0.25, -0.2) is 0 Å². The fraction of sp³-hybridized carbons (Fsp3) is 0.438. The third kappa shape index (κ3) is 3.96. The summed E-state index contributed by atoms with van der Waals surface area (Å²) in [6.07, 6.45) is 2.72. The molecule has 24 heavy (non-hydrogen) atoms. The molecule has 128 valence electrons.